The van der Waals surface area contributed by atoms with Crippen molar-refractivity contribution in [1.82, 2.24) is 9.47 Å². The largest absolute Gasteiger partial charge is 1.00 e. The lowest BCUT2D eigenvalue weighted by atomic mass is 10.3. The topological polar surface area (TPSA) is 58.6 Å². The van der Waals surface area contributed by atoms with Gasteiger partial charge in [0.1, 0.15) is 12.6 Å². The highest BCUT2D eigenvalue weighted by Crippen LogP contribution is 2.26. The SMILES string of the molecule is O=C(Cn1c2[n+](c3ccccc31)CC(O)CS2)N1CCOCC1.[Br-]. The molecule has 1 aromatic carbocycles. The molecule has 2 aromatic rings. The van der Waals surface area contributed by atoms with E-state index in [1.165, 1.54) is 0 Å². The maximum absolute atomic E-state index is 12.6. The highest BCUT2D eigenvalue weighted by atomic mass is 79.9. The Labute approximate surface area is 155 Å². The van der Waals surface area contributed by atoms with Crippen LogP contribution in [0.15, 0.2) is 29.4 Å². The zero-order valence-corrected chi connectivity index (χ0v) is 15.6. The van der Waals surface area contributed by atoms with Gasteiger partial charge in [-0.25, -0.2) is 9.13 Å². The molecule has 0 aliphatic carbocycles. The molecule has 1 aromatic heterocycles. The van der Waals surface area contributed by atoms with Crippen LogP contribution >= 0.6 is 11.8 Å². The van der Waals surface area contributed by atoms with Crippen LogP contribution in [0.5, 0.6) is 0 Å². The Morgan fingerprint density at radius 3 is 2.88 bits per heavy atom. The van der Waals surface area contributed by atoms with Gasteiger partial charge in [0.2, 0.25) is 0 Å². The Bertz CT molecular complexity index is 745. The van der Waals surface area contributed by atoms with Crippen LogP contribution in [0, 0.1) is 0 Å². The number of morpholine rings is 1. The summed E-state index contributed by atoms with van der Waals surface area (Å²) in [6.45, 7) is 3.49. The summed E-state index contributed by atoms with van der Waals surface area (Å²) in [6, 6.07) is 8.08. The van der Waals surface area contributed by atoms with E-state index in [1.807, 2.05) is 29.2 Å². The number of thioether (sulfide) groups is 1. The highest BCUT2D eigenvalue weighted by Gasteiger charge is 2.33. The number of carbonyl (C=O) groups is 1. The number of hydrogen-bond donors (Lipinski definition) is 1. The van der Waals surface area contributed by atoms with Crippen molar-refractivity contribution in [3.05, 3.63) is 24.3 Å². The average Bonchev–Trinajstić information content (AvgIpc) is 2.89. The van der Waals surface area contributed by atoms with Crippen molar-refractivity contribution in [2.45, 2.75) is 24.3 Å². The smallest absolute Gasteiger partial charge is 0.319 e. The second-order valence-electron chi connectivity index (χ2n) is 5.93. The molecular weight excluding hydrogens is 394 g/mol. The van der Waals surface area contributed by atoms with Crippen molar-refractivity contribution in [1.29, 1.82) is 0 Å². The molecule has 0 spiro atoms. The summed E-state index contributed by atoms with van der Waals surface area (Å²) in [5.74, 6) is 0.798. The van der Waals surface area contributed by atoms with Gasteiger partial charge < -0.3 is 31.7 Å². The molecule has 4 rings (SSSR count). The van der Waals surface area contributed by atoms with Crippen LogP contribution in [-0.4, -0.2) is 58.6 Å². The van der Waals surface area contributed by atoms with Crippen LogP contribution in [0.4, 0.5) is 0 Å². The number of fused-ring (bicyclic) bond motifs is 3. The molecule has 1 unspecified atom stereocenters. The van der Waals surface area contributed by atoms with Crippen LogP contribution in [-0.2, 0) is 22.6 Å². The number of carbonyl (C=O) groups excluding carboxylic acids is 1. The summed E-state index contributed by atoms with van der Waals surface area (Å²) in [6.07, 6.45) is -0.341. The number of aromatic nitrogens is 2. The van der Waals surface area contributed by atoms with Crippen molar-refractivity contribution in [2.24, 2.45) is 0 Å². The van der Waals surface area contributed by atoms with Crippen molar-refractivity contribution >= 4 is 28.7 Å². The fourth-order valence-corrected chi connectivity index (χ4v) is 4.33. The van der Waals surface area contributed by atoms with Gasteiger partial charge in [-0.15, -0.1) is 0 Å². The number of rotatable bonds is 2. The average molecular weight is 414 g/mol. The van der Waals surface area contributed by atoms with Gasteiger partial charge in [0.25, 0.3) is 5.91 Å². The maximum atomic E-state index is 12.6. The van der Waals surface area contributed by atoms with Gasteiger partial charge in [-0.2, -0.15) is 0 Å². The van der Waals surface area contributed by atoms with E-state index in [1.54, 1.807) is 11.8 Å². The van der Waals surface area contributed by atoms with E-state index in [4.69, 9.17) is 4.74 Å². The van der Waals surface area contributed by atoms with Gasteiger partial charge in [-0.1, -0.05) is 12.1 Å². The number of imidazole rings is 1. The highest BCUT2D eigenvalue weighted by molar-refractivity contribution is 7.99. The minimum absolute atomic E-state index is 0. The first-order valence-electron chi connectivity index (χ1n) is 7.91. The number of hydrogen-bond acceptors (Lipinski definition) is 4. The monoisotopic (exact) mass is 413 g/mol. The van der Waals surface area contributed by atoms with Gasteiger partial charge in [0.05, 0.1) is 13.2 Å². The molecule has 0 saturated carbocycles. The third-order valence-electron chi connectivity index (χ3n) is 4.38. The second-order valence-corrected chi connectivity index (χ2v) is 6.91. The molecule has 2 aliphatic heterocycles. The number of ether oxygens (including phenoxy) is 1. The molecule has 6 nitrogen and oxygen atoms in total. The number of aliphatic hydroxyl groups excluding tert-OH is 1. The van der Waals surface area contributed by atoms with Crippen molar-refractivity contribution in [3.8, 4) is 0 Å². The molecule has 0 radical (unpaired) electrons. The molecule has 130 valence electrons. The quantitative estimate of drug-likeness (QED) is 0.542. The summed E-state index contributed by atoms with van der Waals surface area (Å²) >= 11 is 1.62. The van der Waals surface area contributed by atoms with Crippen LogP contribution in [0.2, 0.25) is 0 Å². The van der Waals surface area contributed by atoms with Gasteiger partial charge in [0.15, 0.2) is 17.6 Å². The van der Waals surface area contributed by atoms with E-state index in [9.17, 15) is 9.90 Å². The first kappa shape index (κ1) is 17.7. The standard InChI is InChI=1S/C16H20N3O3S.BrH/c20-12-9-18-13-3-1-2-4-14(13)19(16(18)23-11-12)10-15(21)17-5-7-22-8-6-17;/h1-4,12,20H,5-11H2;1H/q+1;/p-1. The van der Waals surface area contributed by atoms with Crippen LogP contribution in [0.25, 0.3) is 11.0 Å². The number of para-hydroxylation sites is 2. The summed E-state index contributed by atoms with van der Waals surface area (Å²) in [7, 11) is 0. The van der Waals surface area contributed by atoms with Crippen molar-refractivity contribution in [3.63, 3.8) is 0 Å². The normalized spacial score (nSPS) is 20.5. The number of nitrogens with zero attached hydrogens (tertiary/aromatic N) is 3. The number of aliphatic hydroxyl groups is 1. The maximum Gasteiger partial charge on any atom is 0.319 e. The first-order chi connectivity index (χ1) is 11.2. The minimum atomic E-state index is -0.341. The molecule has 1 atom stereocenters. The summed E-state index contributed by atoms with van der Waals surface area (Å²) in [5, 5.41) is 11.0. The Balaban J connectivity index is 0.00000169. The molecule has 0 bridgehead atoms. The Morgan fingerprint density at radius 1 is 1.33 bits per heavy atom. The fourth-order valence-electron chi connectivity index (χ4n) is 3.24. The number of amides is 1. The van der Waals surface area contributed by atoms with Gasteiger partial charge in [-0.05, 0) is 23.9 Å². The molecule has 1 saturated heterocycles. The van der Waals surface area contributed by atoms with E-state index >= 15 is 0 Å². The molecule has 1 fully saturated rings. The summed E-state index contributed by atoms with van der Waals surface area (Å²) < 4.78 is 9.53. The number of benzene rings is 1. The Hall–Kier alpha value is -1.09. The summed E-state index contributed by atoms with van der Waals surface area (Å²) in [4.78, 5) is 14.5. The number of halogens is 1. The summed E-state index contributed by atoms with van der Waals surface area (Å²) in [5.41, 5.74) is 2.12. The van der Waals surface area contributed by atoms with Crippen molar-refractivity contribution < 1.29 is 36.2 Å². The lowest BCUT2D eigenvalue weighted by Gasteiger charge is -2.26. The Kier molecular flexibility index (Phi) is 5.49. The van der Waals surface area contributed by atoms with E-state index in [-0.39, 0.29) is 29.0 Å². The molecule has 1 N–H and O–H groups in total. The fraction of sp³-hybridized carbons (Fsp3) is 0.500. The molecular formula is C16H20BrN3O3S. The van der Waals surface area contributed by atoms with Crippen LogP contribution < -0.4 is 21.5 Å². The first-order valence-corrected chi connectivity index (χ1v) is 8.90. The van der Waals surface area contributed by atoms with Gasteiger partial charge in [0, 0.05) is 18.8 Å². The predicted octanol–water partition coefficient (Wildman–Crippen LogP) is -2.74. The van der Waals surface area contributed by atoms with Gasteiger partial charge >= 0.3 is 5.16 Å². The van der Waals surface area contributed by atoms with Gasteiger partial charge in [-0.3, -0.25) is 4.79 Å². The van der Waals surface area contributed by atoms with Crippen LogP contribution in [0.1, 0.15) is 0 Å². The van der Waals surface area contributed by atoms with Crippen molar-refractivity contribution in [2.75, 3.05) is 32.1 Å². The third kappa shape index (κ3) is 3.20. The van der Waals surface area contributed by atoms with E-state index in [0.717, 1.165) is 16.2 Å². The van der Waals surface area contributed by atoms with E-state index < -0.39 is 0 Å². The molecule has 3 heterocycles. The second kappa shape index (κ2) is 7.43. The third-order valence-corrected chi connectivity index (χ3v) is 5.63. The minimum Gasteiger partial charge on any atom is -1.00 e. The molecule has 24 heavy (non-hydrogen) atoms. The zero-order chi connectivity index (χ0) is 15.8. The molecule has 8 heteroatoms. The molecule has 1 amide bonds. The lowest BCUT2D eigenvalue weighted by molar-refractivity contribution is -0.717. The molecule has 2 aliphatic rings. The lowest BCUT2D eigenvalue weighted by Crippen LogP contribution is -3.00. The van der Waals surface area contributed by atoms with E-state index in [0.29, 0.717) is 45.1 Å². The zero-order valence-electron chi connectivity index (χ0n) is 13.2. The predicted molar refractivity (Wildman–Crippen MR) is 86.3 cm³/mol. The van der Waals surface area contributed by atoms with E-state index in [2.05, 4.69) is 9.13 Å². The Morgan fingerprint density at radius 2 is 2.08 bits per heavy atom. The van der Waals surface area contributed by atoms with Crippen LogP contribution in [0.3, 0.4) is 0 Å².